The second-order valence-electron chi connectivity index (χ2n) is 6.21. The molecule has 4 nitrogen and oxygen atoms in total. The first-order chi connectivity index (χ1) is 12.0. The van der Waals surface area contributed by atoms with Gasteiger partial charge in [-0.05, 0) is 62.6 Å². The lowest BCUT2D eigenvalue weighted by molar-refractivity contribution is -0.128. The van der Waals surface area contributed by atoms with Crippen molar-refractivity contribution in [3.63, 3.8) is 0 Å². The van der Waals surface area contributed by atoms with Gasteiger partial charge in [0.1, 0.15) is 18.1 Å². The third kappa shape index (κ3) is 5.82. The van der Waals surface area contributed by atoms with Crippen LogP contribution in [0.3, 0.4) is 0 Å². The minimum absolute atomic E-state index is 0.117. The van der Waals surface area contributed by atoms with Crippen LogP contribution in [-0.4, -0.2) is 25.2 Å². The maximum absolute atomic E-state index is 12.3. The lowest BCUT2D eigenvalue weighted by Gasteiger charge is -2.18. The van der Waals surface area contributed by atoms with Crippen molar-refractivity contribution in [1.82, 2.24) is 5.32 Å². The van der Waals surface area contributed by atoms with E-state index in [1.165, 1.54) is 11.1 Å². The Morgan fingerprint density at radius 3 is 2.32 bits per heavy atom. The van der Waals surface area contributed by atoms with E-state index < -0.39 is 6.10 Å². The number of rotatable bonds is 8. The van der Waals surface area contributed by atoms with Gasteiger partial charge in [0, 0.05) is 0 Å². The molecule has 1 N–H and O–H groups in total. The second kappa shape index (κ2) is 9.11. The van der Waals surface area contributed by atoms with Crippen LogP contribution in [0.4, 0.5) is 0 Å². The van der Waals surface area contributed by atoms with Crippen LogP contribution < -0.4 is 14.8 Å². The summed E-state index contributed by atoms with van der Waals surface area (Å²) < 4.78 is 11.5. The Morgan fingerprint density at radius 2 is 1.68 bits per heavy atom. The minimum atomic E-state index is -0.499. The summed E-state index contributed by atoms with van der Waals surface area (Å²) in [5.41, 5.74) is 3.55. The highest BCUT2D eigenvalue weighted by molar-refractivity contribution is 5.81. The highest BCUT2D eigenvalue weighted by atomic mass is 16.5. The number of hydrogen-bond acceptors (Lipinski definition) is 3. The van der Waals surface area contributed by atoms with Crippen LogP contribution in [-0.2, 0) is 4.79 Å². The zero-order chi connectivity index (χ0) is 18.2. The summed E-state index contributed by atoms with van der Waals surface area (Å²) >= 11 is 0. The summed E-state index contributed by atoms with van der Waals surface area (Å²) in [7, 11) is 0. The molecule has 1 amide bonds. The van der Waals surface area contributed by atoms with Gasteiger partial charge in [-0.3, -0.25) is 4.79 Å². The minimum Gasteiger partial charge on any atom is -0.492 e. The van der Waals surface area contributed by atoms with E-state index in [-0.39, 0.29) is 5.91 Å². The molecule has 0 unspecified atom stereocenters. The van der Waals surface area contributed by atoms with Crippen molar-refractivity contribution in [3.05, 3.63) is 59.2 Å². The standard InChI is InChI=1S/C21H27NO3/c1-5-20(25-19-11-8-16(3)17(4)14-19)21(23)22-12-13-24-18-9-6-15(2)7-10-18/h6-11,14,20H,5,12-13H2,1-4H3,(H,22,23)/t20-/m1/s1. The lowest BCUT2D eigenvalue weighted by atomic mass is 10.1. The molecule has 134 valence electrons. The van der Waals surface area contributed by atoms with Gasteiger partial charge in [-0.2, -0.15) is 0 Å². The molecule has 0 aliphatic carbocycles. The summed E-state index contributed by atoms with van der Waals surface area (Å²) in [6.45, 7) is 8.93. The van der Waals surface area contributed by atoms with E-state index in [4.69, 9.17) is 9.47 Å². The molecule has 0 heterocycles. The van der Waals surface area contributed by atoms with Crippen molar-refractivity contribution < 1.29 is 14.3 Å². The van der Waals surface area contributed by atoms with Crippen LogP contribution >= 0.6 is 0 Å². The molecule has 0 saturated carbocycles. The fourth-order valence-corrected chi connectivity index (χ4v) is 2.37. The molecule has 2 rings (SSSR count). The molecule has 0 aliphatic rings. The molecule has 1 atom stereocenters. The molecule has 4 heteroatoms. The Morgan fingerprint density at radius 1 is 1.00 bits per heavy atom. The molecule has 0 bridgehead atoms. The third-order valence-corrected chi connectivity index (χ3v) is 4.11. The van der Waals surface area contributed by atoms with E-state index in [1.807, 2.05) is 63.2 Å². The van der Waals surface area contributed by atoms with E-state index in [1.54, 1.807) is 0 Å². The van der Waals surface area contributed by atoms with Crippen molar-refractivity contribution in [2.75, 3.05) is 13.2 Å². The number of carbonyl (C=O) groups excluding carboxylic acids is 1. The number of nitrogens with one attached hydrogen (secondary N) is 1. The molecule has 0 saturated heterocycles. The van der Waals surface area contributed by atoms with Gasteiger partial charge in [0.15, 0.2) is 6.10 Å². The second-order valence-corrected chi connectivity index (χ2v) is 6.21. The summed E-state index contributed by atoms with van der Waals surface area (Å²) in [5.74, 6) is 1.41. The fourth-order valence-electron chi connectivity index (χ4n) is 2.37. The van der Waals surface area contributed by atoms with E-state index in [0.717, 1.165) is 17.1 Å². The van der Waals surface area contributed by atoms with Crippen LogP contribution in [0.25, 0.3) is 0 Å². The van der Waals surface area contributed by atoms with Crippen LogP contribution in [0.2, 0.25) is 0 Å². The number of carbonyl (C=O) groups is 1. The first kappa shape index (κ1) is 18.8. The Labute approximate surface area is 150 Å². The topological polar surface area (TPSA) is 47.6 Å². The number of hydrogen-bond donors (Lipinski definition) is 1. The van der Waals surface area contributed by atoms with Gasteiger partial charge >= 0.3 is 0 Å². The molecular weight excluding hydrogens is 314 g/mol. The largest absolute Gasteiger partial charge is 0.492 e. The van der Waals surface area contributed by atoms with Crippen molar-refractivity contribution in [2.24, 2.45) is 0 Å². The van der Waals surface area contributed by atoms with Crippen LogP contribution in [0.15, 0.2) is 42.5 Å². The molecule has 0 radical (unpaired) electrons. The highest BCUT2D eigenvalue weighted by Gasteiger charge is 2.18. The Kier molecular flexibility index (Phi) is 6.87. The molecule has 2 aromatic carbocycles. The van der Waals surface area contributed by atoms with Gasteiger partial charge in [0.2, 0.25) is 0 Å². The van der Waals surface area contributed by atoms with Gasteiger partial charge in [-0.15, -0.1) is 0 Å². The normalized spacial score (nSPS) is 11.7. The summed E-state index contributed by atoms with van der Waals surface area (Å²) in [4.78, 5) is 12.3. The summed E-state index contributed by atoms with van der Waals surface area (Å²) in [6, 6.07) is 13.7. The number of amides is 1. The Hall–Kier alpha value is -2.49. The van der Waals surface area contributed by atoms with Gasteiger partial charge in [0.25, 0.3) is 5.91 Å². The van der Waals surface area contributed by atoms with Gasteiger partial charge in [-0.25, -0.2) is 0 Å². The van der Waals surface area contributed by atoms with Gasteiger partial charge < -0.3 is 14.8 Å². The van der Waals surface area contributed by atoms with Crippen LogP contribution in [0, 0.1) is 20.8 Å². The lowest BCUT2D eigenvalue weighted by Crippen LogP contribution is -2.39. The van der Waals surface area contributed by atoms with E-state index >= 15 is 0 Å². The van der Waals surface area contributed by atoms with Crippen molar-refractivity contribution in [3.8, 4) is 11.5 Å². The van der Waals surface area contributed by atoms with Crippen molar-refractivity contribution in [1.29, 1.82) is 0 Å². The monoisotopic (exact) mass is 341 g/mol. The van der Waals surface area contributed by atoms with E-state index in [9.17, 15) is 4.79 Å². The Bertz CT molecular complexity index is 695. The number of benzene rings is 2. The Balaban J connectivity index is 1.79. The molecule has 25 heavy (non-hydrogen) atoms. The fraction of sp³-hybridized carbons (Fsp3) is 0.381. The maximum Gasteiger partial charge on any atom is 0.261 e. The van der Waals surface area contributed by atoms with Gasteiger partial charge in [0.05, 0.1) is 6.54 Å². The molecule has 0 aliphatic heterocycles. The maximum atomic E-state index is 12.3. The first-order valence-corrected chi connectivity index (χ1v) is 8.70. The van der Waals surface area contributed by atoms with Crippen LogP contribution in [0.5, 0.6) is 11.5 Å². The third-order valence-electron chi connectivity index (χ3n) is 4.11. The number of aryl methyl sites for hydroxylation is 3. The molecule has 2 aromatic rings. The zero-order valence-corrected chi connectivity index (χ0v) is 15.5. The predicted octanol–water partition coefficient (Wildman–Crippen LogP) is 3.96. The van der Waals surface area contributed by atoms with E-state index in [2.05, 4.69) is 12.2 Å². The quantitative estimate of drug-likeness (QED) is 0.739. The molecule has 0 aromatic heterocycles. The molecule has 0 fully saturated rings. The molecule has 0 spiro atoms. The zero-order valence-electron chi connectivity index (χ0n) is 15.5. The first-order valence-electron chi connectivity index (χ1n) is 8.70. The average molecular weight is 341 g/mol. The van der Waals surface area contributed by atoms with Crippen molar-refractivity contribution >= 4 is 5.91 Å². The highest BCUT2D eigenvalue weighted by Crippen LogP contribution is 2.18. The summed E-state index contributed by atoms with van der Waals surface area (Å²) in [6.07, 6.45) is 0.110. The predicted molar refractivity (Wildman–Crippen MR) is 100 cm³/mol. The smallest absolute Gasteiger partial charge is 0.261 e. The SMILES string of the molecule is CC[C@@H](Oc1ccc(C)c(C)c1)C(=O)NCCOc1ccc(C)cc1. The molecular formula is C21H27NO3. The number of ether oxygens (including phenoxy) is 2. The van der Waals surface area contributed by atoms with Crippen molar-refractivity contribution in [2.45, 2.75) is 40.2 Å². The van der Waals surface area contributed by atoms with E-state index in [0.29, 0.717) is 19.6 Å². The average Bonchev–Trinajstić information content (AvgIpc) is 2.61. The van der Waals surface area contributed by atoms with Gasteiger partial charge in [-0.1, -0.05) is 30.7 Å². The van der Waals surface area contributed by atoms with Crippen LogP contribution in [0.1, 0.15) is 30.0 Å². The summed E-state index contributed by atoms with van der Waals surface area (Å²) in [5, 5.41) is 2.87.